The first-order valence-electron chi connectivity index (χ1n) is 4.44. The molecule has 2 nitrogen and oxygen atoms in total. The van der Waals surface area contributed by atoms with Crippen LogP contribution in [0, 0.1) is 0 Å². The van der Waals surface area contributed by atoms with E-state index in [0.29, 0.717) is 6.04 Å². The Morgan fingerprint density at radius 1 is 1.58 bits per heavy atom. The van der Waals surface area contributed by atoms with E-state index in [1.165, 1.54) is 11.0 Å². The van der Waals surface area contributed by atoms with Gasteiger partial charge in [0.2, 0.25) is 5.91 Å². The van der Waals surface area contributed by atoms with Crippen molar-refractivity contribution in [1.29, 1.82) is 0 Å². The highest BCUT2D eigenvalue weighted by Crippen LogP contribution is 2.23. The SMILES string of the molecule is B/C(C)=C1\CC(C)N(C(C)=O)C1. The lowest BCUT2D eigenvalue weighted by Crippen LogP contribution is -2.31. The van der Waals surface area contributed by atoms with Crippen LogP contribution in [0.15, 0.2) is 11.0 Å². The third-order valence-electron chi connectivity index (χ3n) is 2.55. The molecule has 1 heterocycles. The van der Waals surface area contributed by atoms with Crippen molar-refractivity contribution in [3.8, 4) is 0 Å². The Bertz CT molecular complexity index is 231. The first-order valence-corrected chi connectivity index (χ1v) is 4.44. The Morgan fingerprint density at radius 2 is 2.17 bits per heavy atom. The highest BCUT2D eigenvalue weighted by atomic mass is 16.2. The van der Waals surface area contributed by atoms with Gasteiger partial charge in [-0.1, -0.05) is 12.5 Å². The number of hydrogen-bond acceptors (Lipinski definition) is 1. The summed E-state index contributed by atoms with van der Waals surface area (Å²) in [6.07, 6.45) is 1.06. The van der Waals surface area contributed by atoms with Crippen molar-refractivity contribution < 1.29 is 4.79 Å². The highest BCUT2D eigenvalue weighted by molar-refractivity contribution is 6.21. The quantitative estimate of drug-likeness (QED) is 0.479. The number of hydrogen-bond donors (Lipinski definition) is 0. The van der Waals surface area contributed by atoms with Gasteiger partial charge in [0.1, 0.15) is 7.85 Å². The molecule has 0 aromatic heterocycles. The largest absolute Gasteiger partial charge is 0.336 e. The lowest BCUT2D eigenvalue weighted by atomic mass is 9.91. The van der Waals surface area contributed by atoms with E-state index in [0.717, 1.165) is 13.0 Å². The van der Waals surface area contributed by atoms with Crippen molar-refractivity contribution in [1.82, 2.24) is 4.90 Å². The molecular weight excluding hydrogens is 149 g/mol. The number of carbonyl (C=O) groups excluding carboxylic acids is 1. The first-order chi connectivity index (χ1) is 5.52. The van der Waals surface area contributed by atoms with Crippen molar-refractivity contribution in [2.45, 2.75) is 33.2 Å². The summed E-state index contributed by atoms with van der Waals surface area (Å²) in [5.41, 5.74) is 2.79. The summed E-state index contributed by atoms with van der Waals surface area (Å²) in [6.45, 7) is 6.71. The summed E-state index contributed by atoms with van der Waals surface area (Å²) < 4.78 is 0. The molecule has 0 saturated carbocycles. The summed E-state index contributed by atoms with van der Waals surface area (Å²) in [4.78, 5) is 13.1. The van der Waals surface area contributed by atoms with Crippen molar-refractivity contribution in [2.75, 3.05) is 6.54 Å². The molecule has 0 aromatic rings. The van der Waals surface area contributed by atoms with Gasteiger partial charge in [-0.2, -0.15) is 0 Å². The lowest BCUT2D eigenvalue weighted by molar-refractivity contribution is -0.129. The van der Waals surface area contributed by atoms with E-state index in [1.807, 2.05) is 4.90 Å². The van der Waals surface area contributed by atoms with Crippen LogP contribution in [0.3, 0.4) is 0 Å². The van der Waals surface area contributed by atoms with Gasteiger partial charge >= 0.3 is 0 Å². The van der Waals surface area contributed by atoms with Crippen LogP contribution in [-0.2, 0) is 4.79 Å². The molecule has 1 atom stereocenters. The Kier molecular flexibility index (Phi) is 2.60. The number of likely N-dealkylation sites (tertiary alicyclic amines) is 1. The number of allylic oxidation sites excluding steroid dienone is 1. The average Bonchev–Trinajstić information content (AvgIpc) is 2.30. The second-order valence-electron chi connectivity index (χ2n) is 3.80. The maximum Gasteiger partial charge on any atom is 0.219 e. The molecule has 0 aromatic carbocycles. The number of amides is 1. The van der Waals surface area contributed by atoms with E-state index in [-0.39, 0.29) is 5.91 Å². The molecule has 1 unspecified atom stereocenters. The molecule has 1 saturated heterocycles. The van der Waals surface area contributed by atoms with Crippen LogP contribution in [-0.4, -0.2) is 31.2 Å². The van der Waals surface area contributed by atoms with Crippen LogP contribution in [0.2, 0.25) is 0 Å². The summed E-state index contributed by atoms with van der Waals surface area (Å²) in [6, 6.07) is 0.396. The van der Waals surface area contributed by atoms with Gasteiger partial charge in [-0.3, -0.25) is 4.79 Å². The van der Waals surface area contributed by atoms with Gasteiger partial charge in [-0.25, -0.2) is 0 Å². The zero-order valence-electron chi connectivity index (χ0n) is 8.35. The fraction of sp³-hybridized carbons (Fsp3) is 0.667. The predicted octanol–water partition coefficient (Wildman–Crippen LogP) is 0.534. The van der Waals surface area contributed by atoms with Gasteiger partial charge in [0.15, 0.2) is 0 Å². The summed E-state index contributed by atoms with van der Waals surface area (Å²) >= 11 is 0. The molecule has 0 bridgehead atoms. The van der Waals surface area contributed by atoms with Crippen molar-refractivity contribution in [2.24, 2.45) is 0 Å². The topological polar surface area (TPSA) is 20.3 Å². The van der Waals surface area contributed by atoms with Crippen molar-refractivity contribution in [3.05, 3.63) is 11.0 Å². The molecule has 0 radical (unpaired) electrons. The third-order valence-corrected chi connectivity index (χ3v) is 2.55. The zero-order chi connectivity index (χ0) is 9.30. The maximum absolute atomic E-state index is 11.1. The molecule has 0 spiro atoms. The maximum atomic E-state index is 11.1. The third kappa shape index (κ3) is 1.71. The van der Waals surface area contributed by atoms with E-state index < -0.39 is 0 Å². The van der Waals surface area contributed by atoms with Gasteiger partial charge in [0.25, 0.3) is 0 Å². The van der Waals surface area contributed by atoms with Crippen LogP contribution in [0.5, 0.6) is 0 Å². The monoisotopic (exact) mass is 165 g/mol. The fourth-order valence-corrected chi connectivity index (χ4v) is 1.68. The molecule has 12 heavy (non-hydrogen) atoms. The summed E-state index contributed by atoms with van der Waals surface area (Å²) in [7, 11) is 2.12. The zero-order valence-corrected chi connectivity index (χ0v) is 8.35. The van der Waals surface area contributed by atoms with Crippen LogP contribution in [0.25, 0.3) is 0 Å². The van der Waals surface area contributed by atoms with E-state index in [2.05, 4.69) is 21.7 Å². The number of carbonyl (C=O) groups is 1. The average molecular weight is 165 g/mol. The molecule has 1 amide bonds. The van der Waals surface area contributed by atoms with Gasteiger partial charge in [-0.05, 0) is 13.3 Å². The highest BCUT2D eigenvalue weighted by Gasteiger charge is 2.26. The minimum atomic E-state index is 0.193. The molecular formula is C9H16BNO. The molecule has 1 aliphatic heterocycles. The van der Waals surface area contributed by atoms with Crippen LogP contribution < -0.4 is 0 Å². The second-order valence-corrected chi connectivity index (χ2v) is 3.80. The predicted molar refractivity (Wildman–Crippen MR) is 52.7 cm³/mol. The number of nitrogens with zero attached hydrogens (tertiary/aromatic N) is 1. The first kappa shape index (κ1) is 9.36. The molecule has 66 valence electrons. The Balaban J connectivity index is 2.75. The van der Waals surface area contributed by atoms with Crippen LogP contribution in [0.4, 0.5) is 0 Å². The Morgan fingerprint density at radius 3 is 2.42 bits per heavy atom. The van der Waals surface area contributed by atoms with E-state index in [1.54, 1.807) is 6.92 Å². The van der Waals surface area contributed by atoms with Crippen LogP contribution >= 0.6 is 0 Å². The second kappa shape index (κ2) is 3.34. The van der Waals surface area contributed by atoms with Gasteiger partial charge in [0, 0.05) is 19.5 Å². The van der Waals surface area contributed by atoms with Crippen LogP contribution in [0.1, 0.15) is 27.2 Å². The van der Waals surface area contributed by atoms with Gasteiger partial charge in [-0.15, -0.1) is 5.47 Å². The molecule has 0 N–H and O–H groups in total. The van der Waals surface area contributed by atoms with Gasteiger partial charge < -0.3 is 4.90 Å². The van der Waals surface area contributed by atoms with E-state index >= 15 is 0 Å². The lowest BCUT2D eigenvalue weighted by Gasteiger charge is -2.18. The molecule has 3 heteroatoms. The standard InChI is InChI=1S/C9H16BNO/c1-6-4-9(7(2)10)5-11(6)8(3)12/h6H,4-5,10H2,1-3H3/b9-7+. The molecule has 0 aliphatic carbocycles. The molecule has 1 fully saturated rings. The Hall–Kier alpha value is -0.725. The Labute approximate surface area is 75.0 Å². The minimum absolute atomic E-state index is 0.193. The summed E-state index contributed by atoms with van der Waals surface area (Å²) in [5.74, 6) is 0.193. The minimum Gasteiger partial charge on any atom is -0.336 e. The van der Waals surface area contributed by atoms with Crippen molar-refractivity contribution >= 4 is 13.8 Å². The smallest absolute Gasteiger partial charge is 0.219 e. The normalized spacial score (nSPS) is 27.6. The summed E-state index contributed by atoms with van der Waals surface area (Å²) in [5, 5.41) is 0. The molecule has 1 rings (SSSR count). The number of rotatable bonds is 0. The van der Waals surface area contributed by atoms with E-state index in [4.69, 9.17) is 0 Å². The van der Waals surface area contributed by atoms with Gasteiger partial charge in [0.05, 0.1) is 0 Å². The van der Waals surface area contributed by atoms with Crippen molar-refractivity contribution in [3.63, 3.8) is 0 Å². The molecule has 1 aliphatic rings. The van der Waals surface area contributed by atoms with E-state index in [9.17, 15) is 4.79 Å². The fourth-order valence-electron chi connectivity index (χ4n) is 1.68.